The average molecular weight is 347 g/mol. The van der Waals surface area contributed by atoms with E-state index in [9.17, 15) is 0 Å². The summed E-state index contributed by atoms with van der Waals surface area (Å²) in [7, 11) is 0. The van der Waals surface area contributed by atoms with Crippen molar-refractivity contribution in [3.05, 3.63) is 37.8 Å². The molecule has 0 aliphatic rings. The molecule has 0 aliphatic heterocycles. The monoisotopic (exact) mass is 345 g/mol. The van der Waals surface area contributed by atoms with E-state index in [2.05, 4.69) is 31.2 Å². The normalized spacial score (nSPS) is 10.9. The smallest absolute Gasteiger partial charge is 0.135 e. The Morgan fingerprint density at radius 1 is 1.44 bits per heavy atom. The van der Waals surface area contributed by atoms with Gasteiger partial charge < -0.3 is 5.32 Å². The van der Waals surface area contributed by atoms with Crippen LogP contribution in [-0.4, -0.2) is 9.97 Å². The third-order valence-corrected chi connectivity index (χ3v) is 4.47. The quantitative estimate of drug-likeness (QED) is 0.816. The lowest BCUT2D eigenvalue weighted by atomic mass is 10.2. The molecular formula is C12H13BrClN3S. The largest absolute Gasteiger partial charge is 0.365 e. The van der Waals surface area contributed by atoms with Crippen LogP contribution in [0.1, 0.15) is 30.5 Å². The Balaban J connectivity index is 2.12. The van der Waals surface area contributed by atoms with Crippen LogP contribution in [0.4, 0.5) is 5.82 Å². The molecule has 0 aromatic carbocycles. The Bertz CT molecular complexity index is 542. The van der Waals surface area contributed by atoms with Gasteiger partial charge in [0, 0.05) is 21.3 Å². The highest BCUT2D eigenvalue weighted by Crippen LogP contribution is 2.24. The van der Waals surface area contributed by atoms with Crippen molar-refractivity contribution in [3.63, 3.8) is 0 Å². The first kappa shape index (κ1) is 13.8. The summed E-state index contributed by atoms with van der Waals surface area (Å²) in [5.74, 6) is 1.78. The predicted molar refractivity (Wildman–Crippen MR) is 80.5 cm³/mol. The molecule has 0 unspecified atom stereocenters. The third-order valence-electron chi connectivity index (χ3n) is 2.35. The van der Waals surface area contributed by atoms with Crippen molar-refractivity contribution in [2.24, 2.45) is 0 Å². The van der Waals surface area contributed by atoms with E-state index >= 15 is 0 Å². The molecule has 1 N–H and O–H groups in total. The Morgan fingerprint density at radius 2 is 2.22 bits per heavy atom. The fourth-order valence-corrected chi connectivity index (χ4v) is 3.03. The first-order valence-corrected chi connectivity index (χ1v) is 7.61. The number of rotatable bonds is 4. The van der Waals surface area contributed by atoms with Crippen LogP contribution in [0.3, 0.4) is 0 Å². The lowest BCUT2D eigenvalue weighted by Gasteiger charge is -2.09. The van der Waals surface area contributed by atoms with Gasteiger partial charge >= 0.3 is 0 Å². The molecule has 0 radical (unpaired) electrons. The fourth-order valence-electron chi connectivity index (χ4n) is 1.41. The van der Waals surface area contributed by atoms with Gasteiger partial charge in [0.25, 0.3) is 0 Å². The molecule has 3 nitrogen and oxygen atoms in total. The molecule has 0 aliphatic carbocycles. The van der Waals surface area contributed by atoms with Crippen molar-refractivity contribution in [3.8, 4) is 0 Å². The number of nitrogens with one attached hydrogen (secondary N) is 1. The van der Waals surface area contributed by atoms with Crippen LogP contribution in [0.2, 0.25) is 5.15 Å². The maximum atomic E-state index is 5.99. The summed E-state index contributed by atoms with van der Waals surface area (Å²) in [6, 6.07) is 3.78. The van der Waals surface area contributed by atoms with Crippen molar-refractivity contribution in [1.29, 1.82) is 0 Å². The van der Waals surface area contributed by atoms with Crippen molar-refractivity contribution < 1.29 is 0 Å². The van der Waals surface area contributed by atoms with Crippen LogP contribution in [-0.2, 0) is 6.54 Å². The second-order valence-corrected chi connectivity index (χ2v) is 6.38. The minimum atomic E-state index is 0.262. The van der Waals surface area contributed by atoms with Crippen LogP contribution in [0.25, 0.3) is 0 Å². The van der Waals surface area contributed by atoms with E-state index < -0.39 is 0 Å². The molecule has 2 aromatic rings. The van der Waals surface area contributed by atoms with Gasteiger partial charge in [-0.05, 0) is 27.4 Å². The molecule has 18 heavy (non-hydrogen) atoms. The number of anilines is 1. The Labute approximate surface area is 124 Å². The molecule has 0 atom stereocenters. The molecular weight excluding hydrogens is 334 g/mol. The van der Waals surface area contributed by atoms with Crippen molar-refractivity contribution >= 4 is 44.7 Å². The number of thiophene rings is 1. The van der Waals surface area contributed by atoms with Gasteiger partial charge in [-0.2, -0.15) is 0 Å². The maximum Gasteiger partial charge on any atom is 0.135 e. The third kappa shape index (κ3) is 3.43. The highest BCUT2D eigenvalue weighted by Gasteiger charge is 2.07. The first-order valence-electron chi connectivity index (χ1n) is 5.56. The Kier molecular flexibility index (Phi) is 4.59. The standard InChI is InChI=1S/C12H13BrClN3S/c1-7(2)12-16-10(14)5-11(17-12)15-6-9-8(13)3-4-18-9/h3-5,7H,6H2,1-2H3,(H,15,16,17). The highest BCUT2D eigenvalue weighted by molar-refractivity contribution is 9.10. The fraction of sp³-hybridized carbons (Fsp3) is 0.333. The SMILES string of the molecule is CC(C)c1nc(Cl)cc(NCc2sccc2Br)n1. The summed E-state index contributed by atoms with van der Waals surface area (Å²) in [5.41, 5.74) is 0. The summed E-state index contributed by atoms with van der Waals surface area (Å²) in [4.78, 5) is 9.88. The molecule has 96 valence electrons. The van der Waals surface area contributed by atoms with E-state index in [0.29, 0.717) is 5.15 Å². The molecule has 6 heteroatoms. The number of hydrogen-bond acceptors (Lipinski definition) is 4. The van der Waals surface area contributed by atoms with Crippen LogP contribution in [0.15, 0.2) is 22.0 Å². The van der Waals surface area contributed by atoms with Crippen LogP contribution in [0, 0.1) is 0 Å². The van der Waals surface area contributed by atoms with Crippen molar-refractivity contribution in [2.45, 2.75) is 26.3 Å². The number of nitrogens with zero attached hydrogens (tertiary/aromatic N) is 2. The number of aromatic nitrogens is 2. The van der Waals surface area contributed by atoms with Gasteiger partial charge in [-0.3, -0.25) is 0 Å². The number of hydrogen-bond donors (Lipinski definition) is 1. The summed E-state index contributed by atoms with van der Waals surface area (Å²) >= 11 is 11.2. The molecule has 0 saturated carbocycles. The van der Waals surface area contributed by atoms with Gasteiger partial charge in [0.05, 0.1) is 6.54 Å². The zero-order valence-corrected chi connectivity index (χ0v) is 13.2. The topological polar surface area (TPSA) is 37.8 Å². The van der Waals surface area contributed by atoms with E-state index in [1.54, 1.807) is 17.4 Å². The van der Waals surface area contributed by atoms with Crippen LogP contribution < -0.4 is 5.32 Å². The van der Waals surface area contributed by atoms with Gasteiger partial charge in [-0.25, -0.2) is 9.97 Å². The summed E-state index contributed by atoms with van der Waals surface area (Å²) in [6.07, 6.45) is 0. The first-order chi connectivity index (χ1) is 8.56. The molecule has 0 saturated heterocycles. The summed E-state index contributed by atoms with van der Waals surface area (Å²) in [6.45, 7) is 4.82. The van der Waals surface area contributed by atoms with Gasteiger partial charge in [-0.1, -0.05) is 25.4 Å². The average Bonchev–Trinajstić information content (AvgIpc) is 2.71. The van der Waals surface area contributed by atoms with Crippen molar-refractivity contribution in [1.82, 2.24) is 9.97 Å². The summed E-state index contributed by atoms with van der Waals surface area (Å²) < 4.78 is 1.12. The molecule has 0 fully saturated rings. The minimum Gasteiger partial charge on any atom is -0.365 e. The zero-order chi connectivity index (χ0) is 13.1. The van der Waals surface area contributed by atoms with E-state index in [1.165, 1.54) is 4.88 Å². The lowest BCUT2D eigenvalue weighted by Crippen LogP contribution is -2.05. The van der Waals surface area contributed by atoms with E-state index in [-0.39, 0.29) is 5.92 Å². The van der Waals surface area contributed by atoms with Crippen molar-refractivity contribution in [2.75, 3.05) is 5.32 Å². The van der Waals surface area contributed by atoms with Gasteiger partial charge in [0.2, 0.25) is 0 Å². The van der Waals surface area contributed by atoms with E-state index in [4.69, 9.17) is 11.6 Å². The second-order valence-electron chi connectivity index (χ2n) is 4.13. The highest BCUT2D eigenvalue weighted by atomic mass is 79.9. The maximum absolute atomic E-state index is 5.99. The molecule has 0 spiro atoms. The molecule has 2 aromatic heterocycles. The summed E-state index contributed by atoms with van der Waals surface area (Å²) in [5, 5.41) is 5.79. The van der Waals surface area contributed by atoms with Gasteiger partial charge in [0.15, 0.2) is 0 Å². The van der Waals surface area contributed by atoms with Gasteiger partial charge in [-0.15, -0.1) is 11.3 Å². The molecule has 2 rings (SSSR count). The van der Waals surface area contributed by atoms with Crippen LogP contribution >= 0.6 is 38.9 Å². The Hall–Kier alpha value is -0.650. The Morgan fingerprint density at radius 3 is 2.83 bits per heavy atom. The van der Waals surface area contributed by atoms with Gasteiger partial charge in [0.1, 0.15) is 16.8 Å². The zero-order valence-electron chi connectivity index (χ0n) is 10.1. The molecule has 2 heterocycles. The van der Waals surface area contributed by atoms with E-state index in [0.717, 1.165) is 22.7 Å². The lowest BCUT2D eigenvalue weighted by molar-refractivity contribution is 0.774. The van der Waals surface area contributed by atoms with E-state index in [1.807, 2.05) is 25.3 Å². The molecule has 0 bridgehead atoms. The predicted octanol–water partition coefficient (Wildman–Crippen LogP) is 4.69. The minimum absolute atomic E-state index is 0.262. The number of halogens is 2. The second kappa shape index (κ2) is 5.99. The van der Waals surface area contributed by atoms with Crippen LogP contribution in [0.5, 0.6) is 0 Å². The molecule has 0 amide bonds.